The highest BCUT2D eigenvalue weighted by Gasteiger charge is 2.30. The first-order valence-electron chi connectivity index (χ1n) is 6.72. The van der Waals surface area contributed by atoms with Crippen LogP contribution in [0.2, 0.25) is 0 Å². The maximum absolute atomic E-state index is 12.2. The number of rotatable bonds is 2. The Kier molecular flexibility index (Phi) is 3.47. The van der Waals surface area contributed by atoms with Gasteiger partial charge in [-0.3, -0.25) is 4.72 Å². The largest absolute Gasteiger partial charge is 0.316 e. The molecule has 1 fully saturated rings. The van der Waals surface area contributed by atoms with Gasteiger partial charge < -0.3 is 5.32 Å². The Morgan fingerprint density at radius 1 is 1.32 bits per heavy atom. The summed E-state index contributed by atoms with van der Waals surface area (Å²) in [5, 5.41) is 3.33. The lowest BCUT2D eigenvalue weighted by atomic mass is 9.99. The van der Waals surface area contributed by atoms with E-state index >= 15 is 0 Å². The number of piperidine rings is 1. The lowest BCUT2D eigenvalue weighted by molar-refractivity contribution is 0.287. The lowest BCUT2D eigenvalue weighted by Crippen LogP contribution is -2.44. The second kappa shape index (κ2) is 5.11. The summed E-state index contributed by atoms with van der Waals surface area (Å²) in [5.74, 6) is 0.413. The molecule has 3 rings (SSSR count). The molecule has 0 spiro atoms. The fourth-order valence-corrected chi connectivity index (χ4v) is 4.09. The molecule has 0 aromatic heterocycles. The van der Waals surface area contributed by atoms with Crippen molar-refractivity contribution < 1.29 is 8.42 Å². The van der Waals surface area contributed by atoms with Crippen LogP contribution in [0.15, 0.2) is 24.3 Å². The highest BCUT2D eigenvalue weighted by molar-refractivity contribution is 7.90. The number of nitrogens with one attached hydrogen (secondary N) is 2. The molecule has 2 aliphatic heterocycles. The van der Waals surface area contributed by atoms with E-state index in [1.807, 2.05) is 24.3 Å². The Morgan fingerprint density at radius 3 is 2.95 bits per heavy atom. The average Bonchev–Trinajstić information content (AvgIpc) is 2.40. The third kappa shape index (κ3) is 2.75. The normalized spacial score (nSPS) is 26.4. The van der Waals surface area contributed by atoms with Gasteiger partial charge in [0, 0.05) is 13.1 Å². The van der Waals surface area contributed by atoms with Crippen molar-refractivity contribution in [3.8, 4) is 0 Å². The molecule has 1 aromatic carbocycles. The van der Waals surface area contributed by atoms with Gasteiger partial charge in [-0.1, -0.05) is 18.2 Å². The fraction of sp³-hybridized carbons (Fsp3) is 0.538. The topological polar surface area (TPSA) is 61.4 Å². The van der Waals surface area contributed by atoms with E-state index in [1.165, 1.54) is 0 Å². The molecule has 0 saturated carbocycles. The van der Waals surface area contributed by atoms with E-state index in [0.29, 0.717) is 24.7 Å². The van der Waals surface area contributed by atoms with Crippen LogP contribution in [0.1, 0.15) is 18.4 Å². The maximum Gasteiger partial charge on any atom is 0.301 e. The summed E-state index contributed by atoms with van der Waals surface area (Å²) in [5.41, 5.74) is 1.75. The molecule has 6 heteroatoms. The quantitative estimate of drug-likeness (QED) is 0.855. The van der Waals surface area contributed by atoms with E-state index in [0.717, 1.165) is 31.5 Å². The van der Waals surface area contributed by atoms with Crippen molar-refractivity contribution in [1.82, 2.24) is 9.62 Å². The van der Waals surface area contributed by atoms with E-state index < -0.39 is 10.2 Å². The van der Waals surface area contributed by atoms with Gasteiger partial charge in [-0.05, 0) is 43.5 Å². The van der Waals surface area contributed by atoms with Gasteiger partial charge in [0.05, 0.1) is 5.69 Å². The number of nitrogens with zero attached hydrogens (tertiary/aromatic N) is 1. The van der Waals surface area contributed by atoms with Crippen molar-refractivity contribution in [2.75, 3.05) is 24.4 Å². The maximum atomic E-state index is 12.2. The molecule has 2 heterocycles. The van der Waals surface area contributed by atoms with Crippen molar-refractivity contribution in [2.24, 2.45) is 5.92 Å². The molecule has 19 heavy (non-hydrogen) atoms. The minimum Gasteiger partial charge on any atom is -0.316 e. The summed E-state index contributed by atoms with van der Waals surface area (Å²) in [4.78, 5) is 0. The zero-order valence-corrected chi connectivity index (χ0v) is 11.6. The van der Waals surface area contributed by atoms with Crippen LogP contribution in [0, 0.1) is 5.92 Å². The van der Waals surface area contributed by atoms with Gasteiger partial charge in [-0.15, -0.1) is 0 Å². The van der Waals surface area contributed by atoms with Crippen LogP contribution in [0.5, 0.6) is 0 Å². The molecule has 0 bridgehead atoms. The number of hydrogen-bond acceptors (Lipinski definition) is 3. The van der Waals surface area contributed by atoms with Gasteiger partial charge in [0.15, 0.2) is 0 Å². The second-order valence-corrected chi connectivity index (χ2v) is 6.94. The Balaban J connectivity index is 1.78. The van der Waals surface area contributed by atoms with Crippen molar-refractivity contribution in [1.29, 1.82) is 0 Å². The molecular weight excluding hydrogens is 262 g/mol. The molecule has 1 atom stereocenters. The summed E-state index contributed by atoms with van der Waals surface area (Å²) in [6, 6.07) is 7.58. The van der Waals surface area contributed by atoms with E-state index in [9.17, 15) is 8.42 Å². The van der Waals surface area contributed by atoms with Crippen LogP contribution in [0.4, 0.5) is 5.69 Å². The Hall–Kier alpha value is -1.11. The first kappa shape index (κ1) is 12.9. The summed E-state index contributed by atoms with van der Waals surface area (Å²) in [7, 11) is -3.38. The van der Waals surface area contributed by atoms with Gasteiger partial charge in [-0.2, -0.15) is 12.7 Å². The minimum absolute atomic E-state index is 0.413. The summed E-state index contributed by atoms with van der Waals surface area (Å²) in [6.07, 6.45) is 2.23. The smallest absolute Gasteiger partial charge is 0.301 e. The fourth-order valence-electron chi connectivity index (χ4n) is 2.77. The molecule has 0 amide bonds. The van der Waals surface area contributed by atoms with Gasteiger partial charge in [0.1, 0.15) is 0 Å². The standard InChI is InChI=1S/C13H19N3O2S/c17-19(18)15-13-6-2-1-5-12(13)10-16(19)9-11-4-3-7-14-8-11/h1-2,5-6,11,14-15H,3-4,7-10H2/t11-/m0/s1. The van der Waals surface area contributed by atoms with Gasteiger partial charge in [-0.25, -0.2) is 0 Å². The van der Waals surface area contributed by atoms with E-state index in [2.05, 4.69) is 10.0 Å². The van der Waals surface area contributed by atoms with Gasteiger partial charge in [0.2, 0.25) is 0 Å². The predicted octanol–water partition coefficient (Wildman–Crippen LogP) is 1.16. The lowest BCUT2D eigenvalue weighted by Gasteiger charge is -2.33. The minimum atomic E-state index is -3.38. The van der Waals surface area contributed by atoms with Gasteiger partial charge >= 0.3 is 10.2 Å². The molecule has 1 saturated heterocycles. The van der Waals surface area contributed by atoms with Crippen molar-refractivity contribution in [3.63, 3.8) is 0 Å². The molecule has 0 aliphatic carbocycles. The van der Waals surface area contributed by atoms with Crippen molar-refractivity contribution in [2.45, 2.75) is 19.4 Å². The van der Waals surface area contributed by atoms with Crippen LogP contribution in [0.3, 0.4) is 0 Å². The Morgan fingerprint density at radius 2 is 2.16 bits per heavy atom. The molecule has 0 radical (unpaired) electrons. The first-order valence-corrected chi connectivity index (χ1v) is 8.16. The molecule has 0 unspecified atom stereocenters. The SMILES string of the molecule is O=S1(=O)Nc2ccccc2CN1C[C@H]1CCCNC1. The zero-order chi connectivity index (χ0) is 13.3. The van der Waals surface area contributed by atoms with Crippen LogP contribution in [0.25, 0.3) is 0 Å². The summed E-state index contributed by atoms with van der Waals surface area (Å²) >= 11 is 0. The number of para-hydroxylation sites is 1. The van der Waals surface area contributed by atoms with E-state index in [4.69, 9.17) is 0 Å². The monoisotopic (exact) mass is 281 g/mol. The Labute approximate surface area is 114 Å². The van der Waals surface area contributed by atoms with Crippen LogP contribution in [-0.2, 0) is 16.8 Å². The van der Waals surface area contributed by atoms with E-state index in [1.54, 1.807) is 4.31 Å². The number of fused-ring (bicyclic) bond motifs is 1. The Bertz CT molecular complexity index is 553. The van der Waals surface area contributed by atoms with E-state index in [-0.39, 0.29) is 0 Å². The third-order valence-corrected chi connectivity index (χ3v) is 5.24. The number of anilines is 1. The van der Waals surface area contributed by atoms with Crippen LogP contribution in [-0.4, -0.2) is 32.4 Å². The first-order chi connectivity index (χ1) is 9.15. The molecule has 2 aliphatic rings. The number of benzene rings is 1. The highest BCUT2D eigenvalue weighted by atomic mass is 32.2. The van der Waals surface area contributed by atoms with Crippen molar-refractivity contribution >= 4 is 15.9 Å². The van der Waals surface area contributed by atoms with Crippen LogP contribution >= 0.6 is 0 Å². The number of hydrogen-bond donors (Lipinski definition) is 2. The predicted molar refractivity (Wildman–Crippen MR) is 75.0 cm³/mol. The van der Waals surface area contributed by atoms with Crippen LogP contribution < -0.4 is 10.0 Å². The zero-order valence-electron chi connectivity index (χ0n) is 10.8. The molecule has 2 N–H and O–H groups in total. The van der Waals surface area contributed by atoms with Crippen molar-refractivity contribution in [3.05, 3.63) is 29.8 Å². The summed E-state index contributed by atoms with van der Waals surface area (Å²) < 4.78 is 28.6. The third-order valence-electron chi connectivity index (χ3n) is 3.80. The molecular formula is C13H19N3O2S. The highest BCUT2D eigenvalue weighted by Crippen LogP contribution is 2.27. The molecule has 1 aromatic rings. The van der Waals surface area contributed by atoms with Gasteiger partial charge in [0.25, 0.3) is 0 Å². The molecule has 5 nitrogen and oxygen atoms in total. The summed E-state index contributed by atoms with van der Waals surface area (Å²) in [6.45, 7) is 3.02. The molecule has 104 valence electrons. The second-order valence-electron chi connectivity index (χ2n) is 5.27. The average molecular weight is 281 g/mol.